The zero-order valence-corrected chi connectivity index (χ0v) is 17.9. The summed E-state index contributed by atoms with van der Waals surface area (Å²) >= 11 is 0. The molecule has 1 amide bonds. The molecule has 1 unspecified atom stereocenters. The molecule has 2 N–H and O–H groups in total. The van der Waals surface area contributed by atoms with Crippen LogP contribution in [0.15, 0.2) is 48.7 Å². The van der Waals surface area contributed by atoms with E-state index in [0.717, 1.165) is 52.9 Å². The summed E-state index contributed by atoms with van der Waals surface area (Å²) < 4.78 is 13.0. The van der Waals surface area contributed by atoms with E-state index in [1.807, 2.05) is 24.4 Å². The van der Waals surface area contributed by atoms with Crippen molar-refractivity contribution >= 4 is 27.7 Å². The van der Waals surface area contributed by atoms with E-state index in [-0.39, 0.29) is 11.9 Å². The van der Waals surface area contributed by atoms with E-state index >= 15 is 0 Å². The van der Waals surface area contributed by atoms with Gasteiger partial charge in [-0.05, 0) is 55.2 Å². The number of H-pyrrole nitrogens is 1. The first-order valence-electron chi connectivity index (χ1n) is 10.8. The Morgan fingerprint density at radius 3 is 2.94 bits per heavy atom. The van der Waals surface area contributed by atoms with Gasteiger partial charge < -0.3 is 24.3 Å². The third-order valence-electron chi connectivity index (χ3n) is 6.30. The van der Waals surface area contributed by atoms with Crippen LogP contribution in [0.1, 0.15) is 36.6 Å². The molecule has 0 radical (unpaired) electrons. The third kappa shape index (κ3) is 3.52. The fourth-order valence-electron chi connectivity index (χ4n) is 4.78. The van der Waals surface area contributed by atoms with Crippen LogP contribution in [0.25, 0.3) is 21.8 Å². The number of hydrogen-bond donors (Lipinski definition) is 2. The van der Waals surface area contributed by atoms with Crippen LogP contribution in [0.4, 0.5) is 0 Å². The topological polar surface area (TPSA) is 68.3 Å². The molecule has 0 bridgehead atoms. The number of para-hydroxylation sites is 1. The molecule has 2 aromatic heterocycles. The first kappa shape index (κ1) is 19.5. The van der Waals surface area contributed by atoms with E-state index in [1.54, 1.807) is 14.2 Å². The van der Waals surface area contributed by atoms with Crippen molar-refractivity contribution in [1.29, 1.82) is 0 Å². The number of ether oxygens (including phenoxy) is 2. The van der Waals surface area contributed by atoms with Crippen molar-refractivity contribution in [3.8, 4) is 11.5 Å². The number of carbonyl (C=O) groups excluding carboxylic acids is 1. The molecule has 1 aliphatic rings. The molecule has 1 aliphatic carbocycles. The van der Waals surface area contributed by atoms with Crippen LogP contribution in [0.2, 0.25) is 0 Å². The highest BCUT2D eigenvalue weighted by atomic mass is 16.5. The van der Waals surface area contributed by atoms with E-state index in [2.05, 4.69) is 39.1 Å². The highest BCUT2D eigenvalue weighted by Gasteiger charge is 2.25. The SMILES string of the molecule is COc1ccc2[nH]c3c(c2c1)CCCC3NC(=O)CCn1ccc2cccc(OC)c21. The number of benzene rings is 2. The van der Waals surface area contributed by atoms with Crippen molar-refractivity contribution in [3.05, 3.63) is 59.9 Å². The molecule has 0 aliphatic heterocycles. The number of hydrogen-bond acceptors (Lipinski definition) is 3. The van der Waals surface area contributed by atoms with Crippen LogP contribution in [-0.2, 0) is 17.8 Å². The maximum Gasteiger partial charge on any atom is 0.222 e. The van der Waals surface area contributed by atoms with Gasteiger partial charge in [-0.15, -0.1) is 0 Å². The Balaban J connectivity index is 1.32. The molecule has 160 valence electrons. The average Bonchev–Trinajstić information content (AvgIpc) is 3.39. The minimum Gasteiger partial charge on any atom is -0.497 e. The maximum absolute atomic E-state index is 12.8. The minimum atomic E-state index is 0.0191. The number of aromatic nitrogens is 2. The molecule has 0 saturated heterocycles. The van der Waals surface area contributed by atoms with E-state index in [4.69, 9.17) is 9.47 Å². The van der Waals surface area contributed by atoms with E-state index in [9.17, 15) is 4.79 Å². The Morgan fingerprint density at radius 1 is 1.19 bits per heavy atom. The van der Waals surface area contributed by atoms with Crippen LogP contribution in [0.3, 0.4) is 0 Å². The Hall–Kier alpha value is -3.41. The van der Waals surface area contributed by atoms with E-state index in [1.165, 1.54) is 10.9 Å². The van der Waals surface area contributed by atoms with Crippen molar-refractivity contribution in [2.75, 3.05) is 14.2 Å². The lowest BCUT2D eigenvalue weighted by Crippen LogP contribution is -2.31. The van der Waals surface area contributed by atoms with Gasteiger partial charge in [-0.1, -0.05) is 12.1 Å². The number of methoxy groups -OCH3 is 2. The highest BCUT2D eigenvalue weighted by molar-refractivity contribution is 5.87. The van der Waals surface area contributed by atoms with Crippen molar-refractivity contribution in [1.82, 2.24) is 14.9 Å². The smallest absolute Gasteiger partial charge is 0.222 e. The average molecular weight is 418 g/mol. The Bertz CT molecular complexity index is 1250. The largest absolute Gasteiger partial charge is 0.497 e. The zero-order valence-electron chi connectivity index (χ0n) is 17.9. The van der Waals surface area contributed by atoms with Crippen molar-refractivity contribution in [3.63, 3.8) is 0 Å². The number of nitrogens with zero attached hydrogens (tertiary/aromatic N) is 1. The van der Waals surface area contributed by atoms with Crippen molar-refractivity contribution < 1.29 is 14.3 Å². The lowest BCUT2D eigenvalue weighted by molar-refractivity contribution is -0.122. The lowest BCUT2D eigenvalue weighted by atomic mass is 9.91. The molecule has 6 nitrogen and oxygen atoms in total. The van der Waals surface area contributed by atoms with Gasteiger partial charge in [0, 0.05) is 41.1 Å². The molecule has 0 saturated carbocycles. The monoisotopic (exact) mass is 417 g/mol. The van der Waals surface area contributed by atoms with Gasteiger partial charge >= 0.3 is 0 Å². The van der Waals surface area contributed by atoms with Gasteiger partial charge in [-0.25, -0.2) is 0 Å². The summed E-state index contributed by atoms with van der Waals surface area (Å²) in [6, 6.07) is 14.2. The summed E-state index contributed by atoms with van der Waals surface area (Å²) in [5.41, 5.74) is 4.56. The molecule has 2 aromatic carbocycles. The number of rotatable bonds is 6. The molecule has 0 spiro atoms. The summed E-state index contributed by atoms with van der Waals surface area (Å²) in [4.78, 5) is 16.4. The number of fused-ring (bicyclic) bond motifs is 4. The Kier molecular flexibility index (Phi) is 5.06. The first-order valence-corrected chi connectivity index (χ1v) is 10.8. The van der Waals surface area contributed by atoms with Crippen LogP contribution in [-0.4, -0.2) is 29.7 Å². The Labute approximate surface area is 181 Å². The van der Waals surface area contributed by atoms with Crippen LogP contribution in [0, 0.1) is 0 Å². The minimum absolute atomic E-state index is 0.0191. The second-order valence-electron chi connectivity index (χ2n) is 8.10. The van der Waals surface area contributed by atoms with Crippen LogP contribution < -0.4 is 14.8 Å². The summed E-state index contributed by atoms with van der Waals surface area (Å²) in [5, 5.41) is 5.57. The fraction of sp³-hybridized carbons (Fsp3) is 0.320. The summed E-state index contributed by atoms with van der Waals surface area (Å²) in [5.74, 6) is 1.74. The third-order valence-corrected chi connectivity index (χ3v) is 6.30. The molecule has 4 aromatic rings. The first-order chi connectivity index (χ1) is 15.2. The summed E-state index contributed by atoms with van der Waals surface area (Å²) in [6.07, 6.45) is 5.46. The highest BCUT2D eigenvalue weighted by Crippen LogP contribution is 2.36. The lowest BCUT2D eigenvalue weighted by Gasteiger charge is -2.24. The number of carbonyl (C=O) groups is 1. The molecule has 1 atom stereocenters. The fourth-order valence-corrected chi connectivity index (χ4v) is 4.78. The van der Waals surface area contributed by atoms with Crippen LogP contribution in [0.5, 0.6) is 11.5 Å². The van der Waals surface area contributed by atoms with Gasteiger partial charge in [0.15, 0.2) is 0 Å². The second kappa shape index (κ2) is 8.02. The normalized spacial score (nSPS) is 15.7. The molecule has 31 heavy (non-hydrogen) atoms. The molecule has 6 heteroatoms. The number of aryl methyl sites for hydroxylation is 2. The van der Waals surface area contributed by atoms with Crippen molar-refractivity contribution in [2.45, 2.75) is 38.3 Å². The maximum atomic E-state index is 12.8. The predicted molar refractivity (Wildman–Crippen MR) is 122 cm³/mol. The summed E-state index contributed by atoms with van der Waals surface area (Å²) in [6.45, 7) is 0.610. The van der Waals surface area contributed by atoms with Gasteiger partial charge in [0.25, 0.3) is 0 Å². The summed E-state index contributed by atoms with van der Waals surface area (Å²) in [7, 11) is 3.36. The Morgan fingerprint density at radius 2 is 2.10 bits per heavy atom. The van der Waals surface area contributed by atoms with Crippen LogP contribution >= 0.6 is 0 Å². The van der Waals surface area contributed by atoms with Gasteiger partial charge in [-0.2, -0.15) is 0 Å². The number of aromatic amines is 1. The van der Waals surface area contributed by atoms with Crippen molar-refractivity contribution in [2.24, 2.45) is 0 Å². The quantitative estimate of drug-likeness (QED) is 0.477. The molecular formula is C25H27N3O3. The standard InChI is InChI=1S/C25H27N3O3/c1-30-17-9-10-20-19(15-17)18-6-4-7-21(24(18)27-20)26-23(29)12-14-28-13-11-16-5-3-8-22(31-2)25(16)28/h3,5,8-11,13,15,21,27H,4,6-7,12,14H2,1-2H3,(H,26,29). The zero-order chi connectivity index (χ0) is 21.4. The molecular weight excluding hydrogens is 390 g/mol. The van der Waals surface area contributed by atoms with Gasteiger partial charge in [-0.3, -0.25) is 4.79 Å². The van der Waals surface area contributed by atoms with Gasteiger partial charge in [0.05, 0.1) is 25.8 Å². The molecule has 5 rings (SSSR count). The van der Waals surface area contributed by atoms with Gasteiger partial charge in [0.1, 0.15) is 11.5 Å². The number of amides is 1. The van der Waals surface area contributed by atoms with Gasteiger partial charge in [0.2, 0.25) is 5.91 Å². The molecule has 2 heterocycles. The molecule has 0 fully saturated rings. The second-order valence-corrected chi connectivity index (χ2v) is 8.10. The number of nitrogens with one attached hydrogen (secondary N) is 2. The van der Waals surface area contributed by atoms with E-state index < -0.39 is 0 Å². The predicted octanol–water partition coefficient (Wildman–Crippen LogP) is 4.72. The van der Waals surface area contributed by atoms with E-state index in [0.29, 0.717) is 13.0 Å².